The van der Waals surface area contributed by atoms with Crippen LogP contribution < -0.4 is 10.6 Å². The van der Waals surface area contributed by atoms with Gasteiger partial charge in [0.15, 0.2) is 6.61 Å². The Morgan fingerprint density at radius 2 is 1.83 bits per heavy atom. The first kappa shape index (κ1) is 20.3. The van der Waals surface area contributed by atoms with E-state index in [4.69, 9.17) is 20.8 Å². The summed E-state index contributed by atoms with van der Waals surface area (Å²) in [5, 5.41) is 13.6. The summed E-state index contributed by atoms with van der Waals surface area (Å²) in [7, 11) is 0. The van der Waals surface area contributed by atoms with E-state index in [1.807, 2.05) is 13.8 Å². The van der Waals surface area contributed by atoms with Gasteiger partial charge in [-0.2, -0.15) is 0 Å². The van der Waals surface area contributed by atoms with Crippen LogP contribution in [0.25, 0.3) is 11.5 Å². The first-order valence-corrected chi connectivity index (χ1v) is 9.23. The van der Waals surface area contributed by atoms with E-state index in [0.717, 1.165) is 0 Å². The van der Waals surface area contributed by atoms with Crippen molar-refractivity contribution in [3.63, 3.8) is 0 Å². The van der Waals surface area contributed by atoms with Crippen LogP contribution in [0, 0.1) is 0 Å². The molecule has 2 amide bonds. The van der Waals surface area contributed by atoms with E-state index in [0.29, 0.717) is 16.3 Å². The summed E-state index contributed by atoms with van der Waals surface area (Å²) in [6.45, 7) is 3.45. The molecule has 0 bridgehead atoms. The van der Waals surface area contributed by atoms with Gasteiger partial charge in [0.25, 0.3) is 5.89 Å². The number of urea groups is 1. The van der Waals surface area contributed by atoms with Crippen molar-refractivity contribution in [2.45, 2.75) is 26.5 Å². The lowest BCUT2D eigenvalue weighted by molar-refractivity contribution is 0.0440. The molecule has 1 aromatic heterocycles. The molecule has 0 atom stereocenters. The first-order chi connectivity index (χ1) is 13.9. The third kappa shape index (κ3) is 5.32. The highest BCUT2D eigenvalue weighted by Gasteiger charge is 2.17. The number of rotatable bonds is 6. The number of aromatic nitrogens is 2. The molecule has 29 heavy (non-hydrogen) atoms. The Balaban J connectivity index is 1.66. The number of esters is 1. The van der Waals surface area contributed by atoms with Crippen molar-refractivity contribution in [2.75, 3.05) is 5.32 Å². The number of benzene rings is 2. The van der Waals surface area contributed by atoms with Gasteiger partial charge in [0.2, 0.25) is 5.89 Å². The highest BCUT2D eigenvalue weighted by Crippen LogP contribution is 2.26. The molecule has 0 aliphatic rings. The number of para-hydroxylation sites is 1. The molecule has 0 unspecified atom stereocenters. The number of carbonyl (C=O) groups is 2. The van der Waals surface area contributed by atoms with Crippen molar-refractivity contribution in [1.29, 1.82) is 0 Å². The topological polar surface area (TPSA) is 106 Å². The van der Waals surface area contributed by atoms with E-state index < -0.39 is 12.0 Å². The molecule has 2 N–H and O–H groups in total. The molecular weight excluding hydrogens is 396 g/mol. The lowest BCUT2D eigenvalue weighted by Crippen LogP contribution is -2.34. The van der Waals surface area contributed by atoms with Gasteiger partial charge in [0.05, 0.1) is 21.8 Å². The summed E-state index contributed by atoms with van der Waals surface area (Å²) in [4.78, 5) is 24.4. The van der Waals surface area contributed by atoms with Crippen LogP contribution in [0.1, 0.15) is 30.1 Å². The maximum absolute atomic E-state index is 12.5. The van der Waals surface area contributed by atoms with E-state index in [-0.39, 0.29) is 30.0 Å². The zero-order valence-corrected chi connectivity index (χ0v) is 16.6. The average Bonchev–Trinajstić information content (AvgIpc) is 3.15. The number of anilines is 1. The van der Waals surface area contributed by atoms with Gasteiger partial charge in [-0.05, 0) is 38.1 Å². The molecule has 0 aliphatic carbocycles. The highest BCUT2D eigenvalue weighted by atomic mass is 35.5. The number of carbonyl (C=O) groups excluding carboxylic acids is 2. The van der Waals surface area contributed by atoms with Crippen LogP contribution in [0.15, 0.2) is 52.9 Å². The van der Waals surface area contributed by atoms with Crippen LogP contribution in [-0.4, -0.2) is 28.2 Å². The van der Waals surface area contributed by atoms with E-state index in [2.05, 4.69) is 20.8 Å². The number of nitrogens with one attached hydrogen (secondary N) is 2. The number of ether oxygens (including phenoxy) is 1. The van der Waals surface area contributed by atoms with Crippen LogP contribution in [-0.2, 0) is 11.3 Å². The molecule has 3 rings (SSSR count). The van der Waals surface area contributed by atoms with Crippen LogP contribution in [0.5, 0.6) is 0 Å². The first-order valence-electron chi connectivity index (χ1n) is 8.85. The minimum Gasteiger partial charge on any atom is -0.452 e. The summed E-state index contributed by atoms with van der Waals surface area (Å²) in [5.41, 5.74) is 1.13. The fourth-order valence-corrected chi connectivity index (χ4v) is 2.67. The van der Waals surface area contributed by atoms with E-state index in [1.54, 1.807) is 48.5 Å². The van der Waals surface area contributed by atoms with Crippen LogP contribution >= 0.6 is 11.6 Å². The van der Waals surface area contributed by atoms with Crippen molar-refractivity contribution in [1.82, 2.24) is 15.5 Å². The Hall–Kier alpha value is -3.39. The zero-order chi connectivity index (χ0) is 20.8. The molecule has 1 heterocycles. The molecule has 3 aromatic rings. The van der Waals surface area contributed by atoms with Crippen molar-refractivity contribution in [2.24, 2.45) is 0 Å². The van der Waals surface area contributed by atoms with Gasteiger partial charge in [-0.25, -0.2) is 9.59 Å². The smallest absolute Gasteiger partial charge is 0.340 e. The van der Waals surface area contributed by atoms with Gasteiger partial charge in [-0.3, -0.25) is 0 Å². The largest absolute Gasteiger partial charge is 0.452 e. The molecule has 9 heteroatoms. The maximum Gasteiger partial charge on any atom is 0.340 e. The standard InChI is InChI=1S/C20H19ClN4O4/c1-12(2)22-20(27)23-16-10-6-4-8-14(16)19(26)28-11-17-24-25-18(29-17)13-7-3-5-9-15(13)21/h3-10,12H,11H2,1-2H3,(H2,22,23,27). The van der Waals surface area contributed by atoms with Crippen LogP contribution in [0.3, 0.4) is 0 Å². The molecule has 0 spiro atoms. The van der Waals surface area contributed by atoms with Gasteiger partial charge in [-0.1, -0.05) is 35.9 Å². The second-order valence-corrected chi connectivity index (χ2v) is 6.76. The molecule has 150 valence electrons. The maximum atomic E-state index is 12.5. The highest BCUT2D eigenvalue weighted by molar-refractivity contribution is 6.33. The second kappa shape index (κ2) is 9.20. The summed E-state index contributed by atoms with van der Waals surface area (Å²) < 4.78 is 10.8. The molecule has 0 saturated heterocycles. The molecular formula is C20H19ClN4O4. The third-order valence-electron chi connectivity index (χ3n) is 3.71. The van der Waals surface area contributed by atoms with E-state index >= 15 is 0 Å². The van der Waals surface area contributed by atoms with Crippen molar-refractivity contribution < 1.29 is 18.7 Å². The number of amides is 2. The quantitative estimate of drug-likeness (QED) is 0.583. The predicted octanol–water partition coefficient (Wildman–Crippen LogP) is 4.28. The summed E-state index contributed by atoms with van der Waals surface area (Å²) in [5.74, 6) is -0.284. The Morgan fingerprint density at radius 3 is 2.59 bits per heavy atom. The van der Waals surface area contributed by atoms with E-state index in [9.17, 15) is 9.59 Å². The lowest BCUT2D eigenvalue weighted by atomic mass is 10.2. The zero-order valence-electron chi connectivity index (χ0n) is 15.8. The fourth-order valence-electron chi connectivity index (χ4n) is 2.45. The molecule has 0 radical (unpaired) electrons. The Morgan fingerprint density at radius 1 is 1.10 bits per heavy atom. The van der Waals surface area contributed by atoms with Crippen LogP contribution in [0.2, 0.25) is 5.02 Å². The van der Waals surface area contributed by atoms with Gasteiger partial charge in [-0.15, -0.1) is 10.2 Å². The van der Waals surface area contributed by atoms with Gasteiger partial charge in [0.1, 0.15) is 0 Å². The second-order valence-electron chi connectivity index (χ2n) is 6.36. The minimum absolute atomic E-state index is 0.0426. The Bertz CT molecular complexity index is 1020. The summed E-state index contributed by atoms with van der Waals surface area (Å²) >= 11 is 6.11. The summed E-state index contributed by atoms with van der Waals surface area (Å²) in [6.07, 6.45) is 0. The van der Waals surface area contributed by atoms with Crippen molar-refractivity contribution >= 4 is 29.3 Å². The average molecular weight is 415 g/mol. The van der Waals surface area contributed by atoms with Crippen LogP contribution in [0.4, 0.5) is 10.5 Å². The third-order valence-corrected chi connectivity index (χ3v) is 4.04. The van der Waals surface area contributed by atoms with Gasteiger partial charge < -0.3 is 19.8 Å². The SMILES string of the molecule is CC(C)NC(=O)Nc1ccccc1C(=O)OCc1nnc(-c2ccccc2Cl)o1. The van der Waals surface area contributed by atoms with Gasteiger partial charge in [0, 0.05) is 6.04 Å². The van der Waals surface area contributed by atoms with E-state index in [1.165, 1.54) is 0 Å². The van der Waals surface area contributed by atoms with Crippen molar-refractivity contribution in [3.8, 4) is 11.5 Å². The number of hydrogen-bond donors (Lipinski definition) is 2. The van der Waals surface area contributed by atoms with Gasteiger partial charge >= 0.3 is 12.0 Å². The monoisotopic (exact) mass is 414 g/mol. The number of nitrogens with zero attached hydrogens (tertiary/aromatic N) is 2. The number of hydrogen-bond acceptors (Lipinski definition) is 6. The minimum atomic E-state index is -0.636. The lowest BCUT2D eigenvalue weighted by Gasteiger charge is -2.12. The molecule has 0 saturated carbocycles. The number of halogens is 1. The fraction of sp³-hybridized carbons (Fsp3) is 0.200. The normalized spacial score (nSPS) is 10.6. The Kier molecular flexibility index (Phi) is 6.46. The van der Waals surface area contributed by atoms with Crippen molar-refractivity contribution in [3.05, 3.63) is 65.0 Å². The molecule has 0 aliphatic heterocycles. The Labute approximate surface area is 172 Å². The molecule has 8 nitrogen and oxygen atoms in total. The molecule has 0 fully saturated rings. The predicted molar refractivity (Wildman–Crippen MR) is 108 cm³/mol. The summed E-state index contributed by atoms with van der Waals surface area (Å²) in [6, 6.07) is 13.1. The molecule has 2 aromatic carbocycles.